The lowest BCUT2D eigenvalue weighted by molar-refractivity contribution is -0.135. The highest BCUT2D eigenvalue weighted by Crippen LogP contribution is 2.26. The van der Waals surface area contributed by atoms with Gasteiger partial charge >= 0.3 is 11.7 Å². The second-order valence-corrected chi connectivity index (χ2v) is 7.40. The highest BCUT2D eigenvalue weighted by Gasteiger charge is 2.29. The van der Waals surface area contributed by atoms with Gasteiger partial charge in [0.1, 0.15) is 6.54 Å². The third-order valence-electron chi connectivity index (χ3n) is 5.31. The van der Waals surface area contributed by atoms with E-state index in [2.05, 4.69) is 0 Å². The maximum atomic E-state index is 13.1. The Hall–Kier alpha value is -3.69. The number of aliphatic carboxylic acids is 1. The minimum Gasteiger partial charge on any atom is -0.494 e. The SMILES string of the molecule is O=C(O)CNC(=O)c1c(O)n(CC(=O)c2ccccc2)c(=O)n(C2CCCCC2)c1=O. The van der Waals surface area contributed by atoms with Crippen LogP contribution in [0.5, 0.6) is 5.88 Å². The van der Waals surface area contributed by atoms with Crippen molar-refractivity contribution in [3.8, 4) is 5.88 Å². The second-order valence-electron chi connectivity index (χ2n) is 7.40. The molecule has 0 atom stereocenters. The summed E-state index contributed by atoms with van der Waals surface area (Å²) in [7, 11) is 0. The van der Waals surface area contributed by atoms with E-state index in [1.165, 1.54) is 0 Å². The molecule has 0 radical (unpaired) electrons. The summed E-state index contributed by atoms with van der Waals surface area (Å²) >= 11 is 0. The summed E-state index contributed by atoms with van der Waals surface area (Å²) < 4.78 is 1.61. The predicted molar refractivity (Wildman–Crippen MR) is 109 cm³/mol. The fraction of sp³-hybridized carbons (Fsp3) is 0.381. The van der Waals surface area contributed by atoms with Crippen LogP contribution in [0.2, 0.25) is 0 Å². The predicted octanol–water partition coefficient (Wildman–Crippen LogP) is 0.918. The highest BCUT2D eigenvalue weighted by atomic mass is 16.4. The maximum Gasteiger partial charge on any atom is 0.334 e. The monoisotopic (exact) mass is 429 g/mol. The molecule has 1 heterocycles. The molecule has 2 aromatic rings. The number of ketones is 1. The van der Waals surface area contributed by atoms with Crippen molar-refractivity contribution in [2.45, 2.75) is 44.7 Å². The second kappa shape index (κ2) is 9.41. The molecule has 1 amide bonds. The summed E-state index contributed by atoms with van der Waals surface area (Å²) in [5, 5.41) is 21.4. The van der Waals surface area contributed by atoms with E-state index in [4.69, 9.17) is 5.11 Å². The van der Waals surface area contributed by atoms with Crippen molar-refractivity contribution in [2.75, 3.05) is 6.54 Å². The lowest BCUT2D eigenvalue weighted by Crippen LogP contribution is -2.47. The molecule has 0 spiro atoms. The number of carbonyl (C=O) groups excluding carboxylic acids is 2. The van der Waals surface area contributed by atoms with E-state index >= 15 is 0 Å². The number of nitrogens with zero attached hydrogens (tertiary/aromatic N) is 2. The zero-order valence-corrected chi connectivity index (χ0v) is 16.7. The van der Waals surface area contributed by atoms with Crippen LogP contribution in [0, 0.1) is 0 Å². The maximum absolute atomic E-state index is 13.1. The number of rotatable bonds is 7. The quantitative estimate of drug-likeness (QED) is 0.554. The number of benzene rings is 1. The van der Waals surface area contributed by atoms with Crippen LogP contribution >= 0.6 is 0 Å². The Balaban J connectivity index is 2.12. The van der Waals surface area contributed by atoms with Gasteiger partial charge in [-0.05, 0) is 12.8 Å². The zero-order valence-electron chi connectivity index (χ0n) is 16.7. The van der Waals surface area contributed by atoms with Gasteiger partial charge in [0.2, 0.25) is 5.88 Å². The summed E-state index contributed by atoms with van der Waals surface area (Å²) in [6.45, 7) is -1.36. The number of Topliss-reactive ketones (excluding diaryl/α,β-unsaturated/α-hetero) is 1. The lowest BCUT2D eigenvalue weighted by atomic mass is 9.95. The molecule has 3 rings (SSSR count). The lowest BCUT2D eigenvalue weighted by Gasteiger charge is -2.25. The van der Waals surface area contributed by atoms with Crippen LogP contribution in [0.15, 0.2) is 39.9 Å². The van der Waals surface area contributed by atoms with Crippen LogP contribution in [-0.4, -0.2) is 43.6 Å². The van der Waals surface area contributed by atoms with Crippen LogP contribution in [0.3, 0.4) is 0 Å². The number of carbonyl (C=O) groups is 3. The van der Waals surface area contributed by atoms with Crippen LogP contribution in [-0.2, 0) is 11.3 Å². The number of aromatic nitrogens is 2. The summed E-state index contributed by atoms with van der Waals surface area (Å²) in [6, 6.07) is 7.62. The minimum absolute atomic E-state index is 0.293. The Labute approximate surface area is 176 Å². The standard InChI is InChI=1S/C21H23N3O7/c25-15(13-7-3-1-4-8-13)12-23-19(29)17(18(28)22-11-16(26)27)20(30)24(21(23)31)14-9-5-2-6-10-14/h1,3-4,7-8,14,29H,2,5-6,9-12H2,(H,22,28)(H,26,27). The zero-order chi connectivity index (χ0) is 22.5. The molecule has 3 N–H and O–H groups in total. The number of nitrogens with one attached hydrogen (secondary N) is 1. The van der Waals surface area contributed by atoms with Gasteiger partial charge < -0.3 is 15.5 Å². The molecule has 1 saturated carbocycles. The topological polar surface area (TPSA) is 148 Å². The number of carboxylic acids is 1. The summed E-state index contributed by atoms with van der Waals surface area (Å²) in [6.07, 6.45) is 3.63. The molecule has 0 unspecified atom stereocenters. The van der Waals surface area contributed by atoms with E-state index in [-0.39, 0.29) is 0 Å². The summed E-state index contributed by atoms with van der Waals surface area (Å²) in [5.41, 5.74) is -2.34. The molecule has 1 fully saturated rings. The molecule has 10 nitrogen and oxygen atoms in total. The van der Waals surface area contributed by atoms with Gasteiger partial charge in [-0.15, -0.1) is 0 Å². The van der Waals surface area contributed by atoms with Crippen molar-refractivity contribution >= 4 is 17.7 Å². The van der Waals surface area contributed by atoms with Crippen LogP contribution in [0.4, 0.5) is 0 Å². The summed E-state index contributed by atoms with van der Waals surface area (Å²) in [4.78, 5) is 62.0. The molecule has 1 aromatic carbocycles. The van der Waals surface area contributed by atoms with Crippen LogP contribution < -0.4 is 16.6 Å². The number of aromatic hydroxyl groups is 1. The Bertz CT molecular complexity index is 1110. The van der Waals surface area contributed by atoms with Crippen molar-refractivity contribution in [3.05, 3.63) is 62.3 Å². The average molecular weight is 429 g/mol. The van der Waals surface area contributed by atoms with Crippen molar-refractivity contribution < 1.29 is 24.6 Å². The van der Waals surface area contributed by atoms with Gasteiger partial charge in [0, 0.05) is 11.6 Å². The molecule has 1 aliphatic carbocycles. The van der Waals surface area contributed by atoms with Gasteiger partial charge in [-0.1, -0.05) is 49.6 Å². The van der Waals surface area contributed by atoms with E-state index in [9.17, 15) is 29.1 Å². The molecule has 0 aliphatic heterocycles. The molecule has 0 saturated heterocycles. The van der Waals surface area contributed by atoms with Crippen molar-refractivity contribution in [1.29, 1.82) is 0 Å². The number of carboxylic acid groups (broad SMARTS) is 1. The van der Waals surface area contributed by atoms with Gasteiger partial charge in [0.15, 0.2) is 11.3 Å². The van der Waals surface area contributed by atoms with E-state index < -0.39 is 59.5 Å². The molecule has 164 valence electrons. The van der Waals surface area contributed by atoms with Gasteiger partial charge in [0.25, 0.3) is 11.5 Å². The third kappa shape index (κ3) is 4.73. The minimum atomic E-state index is -1.34. The van der Waals surface area contributed by atoms with Gasteiger partial charge in [-0.2, -0.15) is 0 Å². The van der Waals surface area contributed by atoms with Crippen LogP contribution in [0.25, 0.3) is 0 Å². The van der Waals surface area contributed by atoms with Crippen LogP contribution in [0.1, 0.15) is 58.9 Å². The van der Waals surface area contributed by atoms with Gasteiger partial charge in [-0.3, -0.25) is 28.3 Å². The Morgan fingerprint density at radius 3 is 2.29 bits per heavy atom. The van der Waals surface area contributed by atoms with E-state index in [0.717, 1.165) is 23.8 Å². The van der Waals surface area contributed by atoms with Crippen molar-refractivity contribution in [1.82, 2.24) is 14.5 Å². The Morgan fingerprint density at radius 2 is 1.68 bits per heavy atom. The summed E-state index contributed by atoms with van der Waals surface area (Å²) in [5.74, 6) is -3.93. The van der Waals surface area contributed by atoms with E-state index in [0.29, 0.717) is 23.0 Å². The molecule has 1 aromatic heterocycles. The van der Waals surface area contributed by atoms with E-state index in [1.807, 2.05) is 5.32 Å². The molecular formula is C21H23N3O7. The van der Waals surface area contributed by atoms with Gasteiger partial charge in [-0.25, -0.2) is 4.79 Å². The Morgan fingerprint density at radius 1 is 1.03 bits per heavy atom. The first kappa shape index (κ1) is 22.0. The molecular weight excluding hydrogens is 406 g/mol. The fourth-order valence-corrected chi connectivity index (χ4v) is 3.76. The smallest absolute Gasteiger partial charge is 0.334 e. The fourth-order valence-electron chi connectivity index (χ4n) is 3.76. The first-order valence-corrected chi connectivity index (χ1v) is 9.97. The van der Waals surface area contributed by atoms with E-state index in [1.54, 1.807) is 30.3 Å². The molecule has 0 bridgehead atoms. The van der Waals surface area contributed by atoms with Gasteiger partial charge in [0.05, 0.1) is 6.54 Å². The first-order valence-electron chi connectivity index (χ1n) is 9.97. The Kier molecular flexibility index (Phi) is 6.68. The number of hydrogen-bond acceptors (Lipinski definition) is 6. The molecule has 10 heteroatoms. The first-order chi connectivity index (χ1) is 14.8. The normalized spacial score (nSPS) is 14.2. The van der Waals surface area contributed by atoms with Crippen molar-refractivity contribution in [2.24, 2.45) is 0 Å². The third-order valence-corrected chi connectivity index (χ3v) is 5.31. The van der Waals surface area contributed by atoms with Crippen molar-refractivity contribution in [3.63, 3.8) is 0 Å². The molecule has 1 aliphatic rings. The molecule has 31 heavy (non-hydrogen) atoms. The number of hydrogen-bond donors (Lipinski definition) is 3. The number of amides is 1. The highest BCUT2D eigenvalue weighted by molar-refractivity contribution is 5.98. The largest absolute Gasteiger partial charge is 0.494 e. The average Bonchev–Trinajstić information content (AvgIpc) is 2.76.